The molecule has 4 fully saturated rings. The normalized spacial score (nSPS) is 46.2. The van der Waals surface area contributed by atoms with Gasteiger partial charge in [0.25, 0.3) is 0 Å². The maximum atomic E-state index is 11.3. The van der Waals surface area contributed by atoms with Crippen LogP contribution in [0.3, 0.4) is 0 Å². The number of rotatable bonds is 14. The first kappa shape index (κ1) is 40.4. The van der Waals surface area contributed by atoms with Gasteiger partial charge in [-0.3, -0.25) is 0 Å². The lowest BCUT2D eigenvalue weighted by Crippen LogP contribution is -2.68. The Bertz CT molecular complexity index is 1200. The molecule has 0 radical (unpaired) electrons. The maximum absolute atomic E-state index is 11.3. The molecule has 1 aliphatic carbocycles. The summed E-state index contributed by atoms with van der Waals surface area (Å²) in [5.74, 6) is 0.581. The Morgan fingerprint density at radius 1 is 0.686 bits per heavy atom. The van der Waals surface area contributed by atoms with Crippen LogP contribution in [0.4, 0.5) is 5.82 Å². The lowest BCUT2D eigenvalue weighted by atomic mass is 9.84. The van der Waals surface area contributed by atoms with Gasteiger partial charge in [-0.2, -0.15) is 0 Å². The third kappa shape index (κ3) is 8.95. The molecule has 1 aromatic rings. The average molecular weight is 736 g/mol. The standard InChI is InChI=1S/C30H53N7O14/c31-8-13-20(41)22(43)17(34)28(46-13)50-25-15(10-39)48-30(27(25)45-6-5-37-16-3-1-2-4-36-16)51-26-19(40)11(32)7-12(33)24(26)49-29-18(35)23(44)21(42)14(9-38)47-29/h1-4,11-15,17-30,38-44H,5-10,31-35H2,(H,36,37)/t11-,12+,13+,14-,15-,17-,18-,19+,20-,21-,22-,23-,24-,25-,26-,27-,28-,29-,30+/m1/s1. The fourth-order valence-electron chi connectivity index (χ4n) is 6.70. The molecule has 3 aliphatic heterocycles. The van der Waals surface area contributed by atoms with Crippen LogP contribution in [0, 0.1) is 0 Å². The number of pyridine rings is 1. The highest BCUT2D eigenvalue weighted by atomic mass is 16.8. The molecule has 0 spiro atoms. The lowest BCUT2D eigenvalue weighted by Gasteiger charge is -2.47. The van der Waals surface area contributed by atoms with Crippen molar-refractivity contribution in [2.24, 2.45) is 28.7 Å². The molecule has 292 valence electrons. The maximum Gasteiger partial charge on any atom is 0.187 e. The lowest BCUT2D eigenvalue weighted by molar-refractivity contribution is -0.311. The van der Waals surface area contributed by atoms with Gasteiger partial charge in [-0.25, -0.2) is 4.98 Å². The Labute approximate surface area is 293 Å². The van der Waals surface area contributed by atoms with E-state index in [1.807, 2.05) is 0 Å². The number of aliphatic hydroxyl groups is 7. The number of hydrogen-bond donors (Lipinski definition) is 13. The van der Waals surface area contributed by atoms with Crippen molar-refractivity contribution in [2.45, 2.75) is 123 Å². The number of anilines is 1. The summed E-state index contributed by atoms with van der Waals surface area (Å²) in [5.41, 5.74) is 30.7. The minimum atomic E-state index is -1.53. The predicted octanol–water partition coefficient (Wildman–Crippen LogP) is -7.33. The van der Waals surface area contributed by atoms with Gasteiger partial charge in [-0.1, -0.05) is 6.07 Å². The van der Waals surface area contributed by atoms with Gasteiger partial charge in [0, 0.05) is 31.4 Å². The minimum Gasteiger partial charge on any atom is -0.394 e. The van der Waals surface area contributed by atoms with Gasteiger partial charge in [-0.05, 0) is 18.6 Å². The quantitative estimate of drug-likeness (QED) is 0.0789. The third-order valence-electron chi connectivity index (χ3n) is 9.68. The number of nitrogens with zero attached hydrogens (tertiary/aromatic N) is 1. The molecule has 0 unspecified atom stereocenters. The second-order valence-corrected chi connectivity index (χ2v) is 13.2. The van der Waals surface area contributed by atoms with E-state index in [4.69, 9.17) is 61.8 Å². The molecule has 4 heterocycles. The van der Waals surface area contributed by atoms with E-state index in [0.29, 0.717) is 5.82 Å². The first-order valence-corrected chi connectivity index (χ1v) is 16.9. The molecular formula is C30H53N7O14. The smallest absolute Gasteiger partial charge is 0.187 e. The van der Waals surface area contributed by atoms with E-state index in [2.05, 4.69) is 10.3 Å². The molecular weight excluding hydrogens is 682 g/mol. The number of ether oxygens (including phenoxy) is 7. The summed E-state index contributed by atoms with van der Waals surface area (Å²) in [6, 6.07) is 1.04. The van der Waals surface area contributed by atoms with Crippen LogP contribution in [0.15, 0.2) is 24.4 Å². The Morgan fingerprint density at radius 2 is 1.27 bits per heavy atom. The predicted molar refractivity (Wildman–Crippen MR) is 173 cm³/mol. The van der Waals surface area contributed by atoms with Gasteiger partial charge in [-0.15, -0.1) is 0 Å². The van der Waals surface area contributed by atoms with Crippen LogP contribution in [0.2, 0.25) is 0 Å². The van der Waals surface area contributed by atoms with E-state index >= 15 is 0 Å². The highest BCUT2D eigenvalue weighted by Crippen LogP contribution is 2.35. The molecule has 4 aliphatic rings. The molecule has 19 atom stereocenters. The van der Waals surface area contributed by atoms with Crippen molar-refractivity contribution < 1.29 is 68.9 Å². The molecule has 5 rings (SSSR count). The number of nitrogens with two attached hydrogens (primary N) is 5. The molecule has 51 heavy (non-hydrogen) atoms. The molecule has 1 aromatic heterocycles. The monoisotopic (exact) mass is 735 g/mol. The Morgan fingerprint density at radius 3 is 1.88 bits per heavy atom. The summed E-state index contributed by atoms with van der Waals surface area (Å²) in [6.07, 6.45) is -17.9. The van der Waals surface area contributed by atoms with Crippen LogP contribution in [-0.4, -0.2) is 190 Å². The van der Waals surface area contributed by atoms with Crippen molar-refractivity contribution in [3.05, 3.63) is 24.4 Å². The first-order chi connectivity index (χ1) is 24.4. The van der Waals surface area contributed by atoms with Crippen molar-refractivity contribution >= 4 is 5.82 Å². The molecule has 0 bridgehead atoms. The summed E-state index contributed by atoms with van der Waals surface area (Å²) in [6.45, 7) is -1.15. The topological polar surface area (TPSA) is 361 Å². The summed E-state index contributed by atoms with van der Waals surface area (Å²) in [7, 11) is 0. The van der Waals surface area contributed by atoms with Gasteiger partial charge < -0.3 is 103 Å². The number of aliphatic hydroxyl groups excluding tert-OH is 7. The summed E-state index contributed by atoms with van der Waals surface area (Å²) in [4.78, 5) is 4.21. The molecule has 21 nitrogen and oxygen atoms in total. The molecule has 1 saturated carbocycles. The zero-order chi connectivity index (χ0) is 37.0. The van der Waals surface area contributed by atoms with Gasteiger partial charge in [0.1, 0.15) is 73.0 Å². The van der Waals surface area contributed by atoms with Crippen molar-refractivity contribution in [1.29, 1.82) is 0 Å². The Hall–Kier alpha value is -1.81. The largest absolute Gasteiger partial charge is 0.394 e. The van der Waals surface area contributed by atoms with Crippen molar-refractivity contribution in [2.75, 3.05) is 38.2 Å². The molecule has 0 amide bonds. The van der Waals surface area contributed by atoms with Gasteiger partial charge in [0.2, 0.25) is 0 Å². The summed E-state index contributed by atoms with van der Waals surface area (Å²) in [5, 5.41) is 76.2. The van der Waals surface area contributed by atoms with E-state index in [0.717, 1.165) is 0 Å². The second-order valence-electron chi connectivity index (χ2n) is 13.2. The Balaban J connectivity index is 1.38. The fraction of sp³-hybridized carbons (Fsp3) is 0.833. The fourth-order valence-corrected chi connectivity index (χ4v) is 6.70. The number of nitrogens with one attached hydrogen (secondary N) is 1. The van der Waals surface area contributed by atoms with E-state index in [9.17, 15) is 35.7 Å². The van der Waals surface area contributed by atoms with E-state index in [1.54, 1.807) is 24.4 Å². The first-order valence-electron chi connectivity index (χ1n) is 16.9. The highest BCUT2D eigenvalue weighted by Gasteiger charge is 2.55. The zero-order valence-electron chi connectivity index (χ0n) is 27.8. The molecule has 21 heteroatoms. The van der Waals surface area contributed by atoms with Gasteiger partial charge in [0.05, 0.1) is 38.0 Å². The van der Waals surface area contributed by atoms with Crippen molar-refractivity contribution in [1.82, 2.24) is 4.98 Å². The zero-order valence-corrected chi connectivity index (χ0v) is 27.8. The van der Waals surface area contributed by atoms with Gasteiger partial charge in [0.15, 0.2) is 18.9 Å². The number of aromatic nitrogens is 1. The van der Waals surface area contributed by atoms with Crippen LogP contribution in [0.5, 0.6) is 0 Å². The third-order valence-corrected chi connectivity index (χ3v) is 9.68. The van der Waals surface area contributed by atoms with Crippen molar-refractivity contribution in [3.63, 3.8) is 0 Å². The van der Waals surface area contributed by atoms with Crippen molar-refractivity contribution in [3.8, 4) is 0 Å². The van der Waals surface area contributed by atoms with E-state index in [1.165, 1.54) is 0 Å². The van der Waals surface area contributed by atoms with E-state index < -0.39 is 129 Å². The SMILES string of the molecule is NC[C@@H]1O[C@H](O[C@H]2[C@@H](OCCNc3ccccn3)[C@H](O[C@@H]3[C@@H](O)[C@H](N)C[C@H](N)[C@H]3O[C@H]3O[C@H](CO)[C@@H](O)[C@H](O)[C@H]3N)O[C@@H]2CO)[C@H](N)[C@@H](O)[C@@H]1O. The minimum absolute atomic E-state index is 0.0204. The molecule has 18 N–H and O–H groups in total. The van der Waals surface area contributed by atoms with Gasteiger partial charge >= 0.3 is 0 Å². The average Bonchev–Trinajstić information content (AvgIpc) is 3.46. The second kappa shape index (κ2) is 18.0. The summed E-state index contributed by atoms with van der Waals surface area (Å²) < 4.78 is 42.4. The highest BCUT2D eigenvalue weighted by molar-refractivity contribution is 5.32. The number of hydrogen-bond acceptors (Lipinski definition) is 21. The van der Waals surface area contributed by atoms with Crippen LogP contribution in [0.1, 0.15) is 6.42 Å². The van der Waals surface area contributed by atoms with Crippen LogP contribution >= 0.6 is 0 Å². The van der Waals surface area contributed by atoms with Crippen LogP contribution < -0.4 is 34.0 Å². The molecule has 0 aromatic carbocycles. The van der Waals surface area contributed by atoms with Crippen LogP contribution in [-0.2, 0) is 33.2 Å². The Kier molecular flexibility index (Phi) is 14.3. The molecule has 3 saturated heterocycles. The van der Waals surface area contributed by atoms with E-state index in [-0.39, 0.29) is 26.1 Å². The summed E-state index contributed by atoms with van der Waals surface area (Å²) >= 11 is 0. The van der Waals surface area contributed by atoms with Crippen LogP contribution in [0.25, 0.3) is 0 Å².